The summed E-state index contributed by atoms with van der Waals surface area (Å²) in [6.07, 6.45) is 0. The Labute approximate surface area is 90.2 Å². The lowest BCUT2D eigenvalue weighted by Gasteiger charge is -2.10. The van der Waals surface area contributed by atoms with E-state index in [1.807, 2.05) is 13.8 Å². The lowest BCUT2D eigenvalue weighted by atomic mass is 10.4. The quantitative estimate of drug-likeness (QED) is 0.838. The van der Waals surface area contributed by atoms with E-state index in [2.05, 4.69) is 5.10 Å². The topological polar surface area (TPSA) is 78.0 Å². The Morgan fingerprint density at radius 2 is 2.13 bits per heavy atom. The summed E-state index contributed by atoms with van der Waals surface area (Å²) in [5, 5.41) is 4.06. The molecule has 0 radical (unpaired) electrons. The largest absolute Gasteiger partial charge is 0.382 e. The monoisotopic (exact) mass is 231 g/mol. The van der Waals surface area contributed by atoms with Crippen LogP contribution in [0, 0.1) is 0 Å². The van der Waals surface area contributed by atoms with Crippen molar-refractivity contribution in [2.24, 2.45) is 0 Å². The van der Waals surface area contributed by atoms with Crippen molar-refractivity contribution in [1.29, 1.82) is 0 Å². The predicted molar refractivity (Wildman–Crippen MR) is 60.2 cm³/mol. The predicted octanol–water partition coefficient (Wildman–Crippen LogP) is 0.981. The standard InChI is InChI=1S/C9H17N3O2S/c1-4-15(13,14)6-8-5-9(10)11-12(8)7(2)3/h5,7H,4,6H2,1-3H3,(H2,10,11). The van der Waals surface area contributed by atoms with E-state index in [9.17, 15) is 8.42 Å². The molecule has 0 aliphatic heterocycles. The van der Waals surface area contributed by atoms with Gasteiger partial charge >= 0.3 is 0 Å². The maximum atomic E-state index is 11.5. The summed E-state index contributed by atoms with van der Waals surface area (Å²) in [5.74, 6) is 0.507. The number of hydrogen-bond donors (Lipinski definition) is 1. The first-order chi connectivity index (χ1) is 6.85. The number of rotatable bonds is 4. The van der Waals surface area contributed by atoms with Gasteiger partial charge in [-0.1, -0.05) is 6.92 Å². The van der Waals surface area contributed by atoms with Crippen molar-refractivity contribution in [1.82, 2.24) is 9.78 Å². The third-order valence-corrected chi connectivity index (χ3v) is 3.74. The minimum absolute atomic E-state index is 0.00583. The van der Waals surface area contributed by atoms with Crippen LogP contribution in [-0.2, 0) is 15.6 Å². The minimum atomic E-state index is -3.03. The van der Waals surface area contributed by atoms with Crippen LogP contribution in [0.2, 0.25) is 0 Å². The molecule has 1 rings (SSSR count). The fourth-order valence-corrected chi connectivity index (χ4v) is 2.21. The van der Waals surface area contributed by atoms with Crippen molar-refractivity contribution >= 4 is 15.7 Å². The number of anilines is 1. The van der Waals surface area contributed by atoms with Crippen LogP contribution in [0.4, 0.5) is 5.82 Å². The summed E-state index contributed by atoms with van der Waals surface area (Å²) in [4.78, 5) is 0. The molecule has 1 aromatic rings. The molecule has 0 saturated carbocycles. The molecule has 0 atom stereocenters. The molecule has 15 heavy (non-hydrogen) atoms. The second-order valence-corrected chi connectivity index (χ2v) is 6.13. The highest BCUT2D eigenvalue weighted by Crippen LogP contribution is 2.15. The molecule has 1 aromatic heterocycles. The smallest absolute Gasteiger partial charge is 0.155 e. The first-order valence-electron chi connectivity index (χ1n) is 4.90. The summed E-state index contributed by atoms with van der Waals surface area (Å²) in [6.45, 7) is 5.51. The van der Waals surface area contributed by atoms with Crippen molar-refractivity contribution in [2.75, 3.05) is 11.5 Å². The second kappa shape index (κ2) is 4.22. The summed E-state index contributed by atoms with van der Waals surface area (Å²) in [6, 6.07) is 1.73. The molecule has 0 bridgehead atoms. The maximum Gasteiger partial charge on any atom is 0.155 e. The van der Waals surface area contributed by atoms with E-state index in [1.54, 1.807) is 17.7 Å². The van der Waals surface area contributed by atoms with E-state index < -0.39 is 9.84 Å². The van der Waals surface area contributed by atoms with E-state index in [0.29, 0.717) is 11.5 Å². The van der Waals surface area contributed by atoms with E-state index in [-0.39, 0.29) is 17.5 Å². The average molecular weight is 231 g/mol. The number of sulfone groups is 1. The molecule has 2 N–H and O–H groups in total. The molecule has 0 saturated heterocycles. The molecule has 0 aromatic carbocycles. The Morgan fingerprint density at radius 3 is 2.60 bits per heavy atom. The molecule has 0 spiro atoms. The van der Waals surface area contributed by atoms with Crippen LogP contribution in [0.25, 0.3) is 0 Å². The Hall–Kier alpha value is -1.04. The van der Waals surface area contributed by atoms with Crippen LogP contribution in [0.1, 0.15) is 32.5 Å². The van der Waals surface area contributed by atoms with Gasteiger partial charge in [0.15, 0.2) is 9.84 Å². The first kappa shape index (κ1) is 12.0. The molecule has 1 heterocycles. The van der Waals surface area contributed by atoms with Gasteiger partial charge in [-0.15, -0.1) is 0 Å². The van der Waals surface area contributed by atoms with Crippen LogP contribution in [-0.4, -0.2) is 24.0 Å². The lowest BCUT2D eigenvalue weighted by molar-refractivity contribution is 0.515. The normalized spacial score (nSPS) is 12.3. The van der Waals surface area contributed by atoms with Crippen LogP contribution in [0.3, 0.4) is 0 Å². The number of aromatic nitrogens is 2. The van der Waals surface area contributed by atoms with Gasteiger partial charge in [-0.2, -0.15) is 5.10 Å². The zero-order valence-electron chi connectivity index (χ0n) is 9.27. The number of hydrogen-bond acceptors (Lipinski definition) is 4. The number of nitrogens with two attached hydrogens (primary N) is 1. The van der Waals surface area contributed by atoms with E-state index in [4.69, 9.17) is 5.73 Å². The average Bonchev–Trinajstić information content (AvgIpc) is 2.46. The Morgan fingerprint density at radius 1 is 1.53 bits per heavy atom. The zero-order valence-corrected chi connectivity index (χ0v) is 10.1. The van der Waals surface area contributed by atoms with Gasteiger partial charge < -0.3 is 5.73 Å². The lowest BCUT2D eigenvalue weighted by Crippen LogP contribution is -2.13. The minimum Gasteiger partial charge on any atom is -0.382 e. The van der Waals surface area contributed by atoms with Gasteiger partial charge in [-0.3, -0.25) is 4.68 Å². The molecule has 86 valence electrons. The molecule has 5 nitrogen and oxygen atoms in total. The van der Waals surface area contributed by atoms with Crippen molar-refractivity contribution < 1.29 is 8.42 Å². The highest BCUT2D eigenvalue weighted by molar-refractivity contribution is 7.90. The fourth-order valence-electron chi connectivity index (χ4n) is 1.34. The van der Waals surface area contributed by atoms with E-state index >= 15 is 0 Å². The van der Waals surface area contributed by atoms with Gasteiger partial charge in [0.2, 0.25) is 0 Å². The van der Waals surface area contributed by atoms with Crippen molar-refractivity contribution in [3.05, 3.63) is 11.8 Å². The van der Waals surface area contributed by atoms with Crippen molar-refractivity contribution in [2.45, 2.75) is 32.6 Å². The van der Waals surface area contributed by atoms with Gasteiger partial charge in [0.1, 0.15) is 5.82 Å². The van der Waals surface area contributed by atoms with Crippen molar-refractivity contribution in [3.8, 4) is 0 Å². The van der Waals surface area contributed by atoms with Gasteiger partial charge in [0, 0.05) is 17.9 Å². The van der Waals surface area contributed by atoms with E-state index in [0.717, 1.165) is 0 Å². The number of nitrogens with zero attached hydrogens (tertiary/aromatic N) is 2. The van der Waals surface area contributed by atoms with Crippen LogP contribution >= 0.6 is 0 Å². The van der Waals surface area contributed by atoms with Crippen LogP contribution in [0.15, 0.2) is 6.07 Å². The molecule has 0 unspecified atom stereocenters. The highest BCUT2D eigenvalue weighted by atomic mass is 32.2. The molecule has 0 aliphatic carbocycles. The van der Waals surface area contributed by atoms with Crippen LogP contribution < -0.4 is 5.73 Å². The molecule has 6 heteroatoms. The third kappa shape index (κ3) is 2.95. The van der Waals surface area contributed by atoms with Gasteiger partial charge in [-0.25, -0.2) is 8.42 Å². The molecule has 0 fully saturated rings. The van der Waals surface area contributed by atoms with Crippen molar-refractivity contribution in [3.63, 3.8) is 0 Å². The third-order valence-electron chi connectivity index (χ3n) is 2.13. The molecular weight excluding hydrogens is 214 g/mol. The molecule has 0 amide bonds. The van der Waals surface area contributed by atoms with Gasteiger partial charge in [0.25, 0.3) is 0 Å². The summed E-state index contributed by atoms with van der Waals surface area (Å²) < 4.78 is 24.6. The van der Waals surface area contributed by atoms with E-state index in [1.165, 1.54) is 0 Å². The fraction of sp³-hybridized carbons (Fsp3) is 0.667. The van der Waals surface area contributed by atoms with Gasteiger partial charge in [-0.05, 0) is 13.8 Å². The Balaban J connectivity index is 3.04. The van der Waals surface area contributed by atoms with Crippen LogP contribution in [0.5, 0.6) is 0 Å². The summed E-state index contributed by atoms with van der Waals surface area (Å²) >= 11 is 0. The number of nitrogen functional groups attached to an aromatic ring is 1. The first-order valence-corrected chi connectivity index (χ1v) is 6.72. The maximum absolute atomic E-state index is 11.5. The Bertz CT molecular complexity index is 434. The summed E-state index contributed by atoms with van der Waals surface area (Å²) in [5.41, 5.74) is 6.21. The summed E-state index contributed by atoms with van der Waals surface area (Å²) in [7, 11) is -3.03. The van der Waals surface area contributed by atoms with Gasteiger partial charge in [0.05, 0.1) is 11.4 Å². The molecular formula is C9H17N3O2S. The zero-order chi connectivity index (χ0) is 11.6. The Kier molecular flexibility index (Phi) is 3.38. The SMILES string of the molecule is CCS(=O)(=O)Cc1cc(N)nn1C(C)C. The second-order valence-electron chi connectivity index (χ2n) is 3.78. The highest BCUT2D eigenvalue weighted by Gasteiger charge is 2.15. The molecule has 0 aliphatic rings.